The maximum absolute atomic E-state index is 8.59. The number of hydrogen-bond donors (Lipinski definition) is 0. The van der Waals surface area contributed by atoms with Crippen LogP contribution in [0.15, 0.2) is 121 Å². The molecule has 5 aromatic rings. The van der Waals surface area contributed by atoms with Crippen molar-refractivity contribution in [2.24, 2.45) is 5.41 Å². The first-order valence-electron chi connectivity index (χ1n) is 32.2. The van der Waals surface area contributed by atoms with Crippen LogP contribution in [0.2, 0.25) is 0 Å². The van der Waals surface area contributed by atoms with Crippen molar-refractivity contribution in [1.82, 2.24) is 0 Å². The predicted molar refractivity (Wildman–Crippen MR) is 348 cm³/mol. The molecule has 78 heavy (non-hydrogen) atoms. The molecule has 0 spiro atoms. The molecule has 0 unspecified atom stereocenters. The molecule has 0 bridgehead atoms. The van der Waals surface area contributed by atoms with E-state index in [9.17, 15) is 0 Å². The van der Waals surface area contributed by atoms with Crippen LogP contribution in [0.5, 0.6) is 0 Å². The number of benzene rings is 5. The van der Waals surface area contributed by atoms with Gasteiger partial charge in [0.05, 0.1) is 0 Å². The first-order valence-corrected chi connectivity index (χ1v) is 31.7. The van der Waals surface area contributed by atoms with Crippen molar-refractivity contribution in [3.05, 3.63) is 177 Å². The van der Waals surface area contributed by atoms with Gasteiger partial charge in [0.25, 0.3) is 0 Å². The van der Waals surface area contributed by atoms with E-state index in [1.54, 1.807) is 11.1 Å². The Balaban J connectivity index is 0.000000182. The van der Waals surface area contributed by atoms with Crippen molar-refractivity contribution in [3.8, 4) is 0 Å². The average molecular weight is 1060 g/mol. The van der Waals surface area contributed by atoms with Crippen LogP contribution >= 0.6 is 0 Å². The van der Waals surface area contributed by atoms with Crippen molar-refractivity contribution >= 4 is 0 Å². The summed E-state index contributed by atoms with van der Waals surface area (Å²) in [5.74, 6) is 1.37. The minimum absolute atomic E-state index is 0.209. The van der Waals surface area contributed by atoms with Gasteiger partial charge in [0, 0.05) is 1.37 Å². The summed E-state index contributed by atoms with van der Waals surface area (Å²) >= 11 is 0. The van der Waals surface area contributed by atoms with E-state index in [-0.39, 0.29) is 33.0 Å². The van der Waals surface area contributed by atoms with Gasteiger partial charge < -0.3 is 0 Å². The first-order chi connectivity index (χ1) is 36.7. The molecule has 0 aromatic heterocycles. The highest BCUT2D eigenvalue weighted by Gasteiger charge is 2.31. The lowest BCUT2D eigenvalue weighted by molar-refractivity contribution is 0.411. The molecule has 4 aliphatic carbocycles. The van der Waals surface area contributed by atoms with Crippen LogP contribution < -0.4 is 0 Å². The van der Waals surface area contributed by atoms with E-state index >= 15 is 0 Å². The molecule has 430 valence electrons. The second-order valence-electron chi connectivity index (χ2n) is 31.3. The summed E-state index contributed by atoms with van der Waals surface area (Å²) < 4.78 is 8.59. The summed E-state index contributed by atoms with van der Waals surface area (Å²) in [7, 11) is 0. The molecular weight excluding hydrogens is 937 g/mol. The van der Waals surface area contributed by atoms with Gasteiger partial charge >= 0.3 is 0 Å². The van der Waals surface area contributed by atoms with Gasteiger partial charge in [-0.05, 0) is 169 Å². The summed E-state index contributed by atoms with van der Waals surface area (Å²) in [6.45, 7) is 43.2. The molecular formula is C78H118. The Bertz CT molecular complexity index is 2480. The largest absolute Gasteiger partial charge is 0.0599 e. The van der Waals surface area contributed by atoms with Crippen LogP contribution in [0, 0.1) is 5.41 Å². The molecule has 0 saturated heterocycles. The van der Waals surface area contributed by atoms with Crippen molar-refractivity contribution in [2.75, 3.05) is 0 Å². The molecule has 5 aromatic carbocycles. The van der Waals surface area contributed by atoms with E-state index in [0.717, 1.165) is 31.1 Å². The Morgan fingerprint density at radius 3 is 0.910 bits per heavy atom. The van der Waals surface area contributed by atoms with Crippen molar-refractivity contribution in [2.45, 2.75) is 304 Å². The molecule has 0 radical (unpaired) electrons. The Morgan fingerprint density at radius 2 is 0.603 bits per heavy atom. The second-order valence-corrected chi connectivity index (χ2v) is 31.3. The van der Waals surface area contributed by atoms with Gasteiger partial charge in [-0.25, -0.2) is 0 Å². The molecule has 9 rings (SSSR count). The van der Waals surface area contributed by atoms with Gasteiger partial charge in [-0.3, -0.25) is 0 Å². The topological polar surface area (TPSA) is 0 Å². The SMILES string of the molecule is CC(C)(C)Cc1ccc(C(C)(C)C)cc1.CC(C)(C)c1ccc(C2(C)CCCC2)cc1.CC(C)(C)c1ccc(C2CCCC2)cc1.CC(C)(C)c1ccc(C2CCCCC2)cc1.[2H]C1(c2ccc(C(C)(C)C)cc2)CCCCC1. The van der Waals surface area contributed by atoms with Crippen LogP contribution in [-0.4, -0.2) is 0 Å². The van der Waals surface area contributed by atoms with Crippen LogP contribution in [0.1, 0.15) is 322 Å². The normalized spacial score (nSPS) is 18.4. The van der Waals surface area contributed by atoms with E-state index < -0.39 is 0 Å². The zero-order chi connectivity index (χ0) is 58.5. The lowest BCUT2D eigenvalue weighted by atomic mass is 9.79. The van der Waals surface area contributed by atoms with Gasteiger partial charge in [-0.15, -0.1) is 0 Å². The third kappa shape index (κ3) is 21.2. The fraction of sp³-hybridized carbons (Fsp3) is 0.615. The lowest BCUT2D eigenvalue weighted by Crippen LogP contribution is -2.17. The monoisotopic (exact) mass is 1060 g/mol. The zero-order valence-electron chi connectivity index (χ0n) is 55.1. The Morgan fingerprint density at radius 1 is 0.333 bits per heavy atom. The first kappa shape index (κ1) is 63.3. The standard InChI is InChI=1S/3C16H24.C15H22.C15H24/c1-15(2,3)13-7-9-14(10-8-13)16(4)11-5-6-12-16;2*1-16(2,3)15-11-9-14(10-12-15)13-7-5-4-6-8-13;1-15(2,3)14-10-8-13(9-11-14)12-6-4-5-7-12;1-14(2,3)11-12-7-9-13(10-8-12)15(4,5)6/h7-10H,5-6,11-12H2,1-4H3;2*9-13H,4-8H2,1-3H3;8-12H,4-7H2,1-3H3;7-10H,11H2,1-6H3/i;13D;;;. The van der Waals surface area contributed by atoms with E-state index in [1.807, 2.05) is 0 Å². The fourth-order valence-electron chi connectivity index (χ4n) is 12.2. The highest BCUT2D eigenvalue weighted by Crippen LogP contribution is 2.42. The van der Waals surface area contributed by atoms with Crippen LogP contribution in [0.25, 0.3) is 0 Å². The Labute approximate surface area is 485 Å². The number of rotatable bonds is 5. The third-order valence-corrected chi connectivity index (χ3v) is 17.8. The summed E-state index contributed by atoms with van der Waals surface area (Å²) in [6.07, 6.45) is 25.2. The van der Waals surface area contributed by atoms with E-state index in [0.29, 0.717) is 10.8 Å². The molecule has 0 N–H and O–H groups in total. The van der Waals surface area contributed by atoms with Crippen molar-refractivity contribution in [3.63, 3.8) is 0 Å². The smallest absolute Gasteiger partial charge is 0.0352 e. The van der Waals surface area contributed by atoms with Crippen molar-refractivity contribution in [1.29, 1.82) is 0 Å². The van der Waals surface area contributed by atoms with Gasteiger partial charge in [-0.2, -0.15) is 0 Å². The number of hydrogen-bond acceptors (Lipinski definition) is 0. The van der Waals surface area contributed by atoms with Gasteiger partial charge in [0.1, 0.15) is 0 Å². The quantitative estimate of drug-likeness (QED) is 0.165. The Kier molecular flexibility index (Phi) is 22.9. The van der Waals surface area contributed by atoms with Crippen LogP contribution in [-0.2, 0) is 38.9 Å². The molecule has 0 atom stereocenters. The molecule has 4 saturated carbocycles. The summed E-state index contributed by atoms with van der Waals surface area (Å²) in [5, 5.41) is 0. The second kappa shape index (κ2) is 28.2. The highest BCUT2D eigenvalue weighted by molar-refractivity contribution is 5.34. The minimum atomic E-state index is -0.311. The predicted octanol–water partition coefficient (Wildman–Crippen LogP) is 24.1. The zero-order valence-corrected chi connectivity index (χ0v) is 54.1. The molecule has 4 fully saturated rings. The molecule has 0 heteroatoms. The van der Waals surface area contributed by atoms with Crippen LogP contribution in [0.4, 0.5) is 0 Å². The van der Waals surface area contributed by atoms with Gasteiger partial charge in [-0.1, -0.05) is 317 Å². The highest BCUT2D eigenvalue weighted by atomic mass is 14.4. The summed E-state index contributed by atoms with van der Waals surface area (Å²) in [5.41, 5.74) is 16.6. The summed E-state index contributed by atoms with van der Waals surface area (Å²) in [4.78, 5) is 0. The molecule has 0 heterocycles. The third-order valence-electron chi connectivity index (χ3n) is 17.8. The molecule has 0 nitrogen and oxygen atoms in total. The minimum Gasteiger partial charge on any atom is -0.0599 e. The fourth-order valence-corrected chi connectivity index (χ4v) is 12.2. The lowest BCUT2D eigenvalue weighted by Gasteiger charge is -2.26. The average Bonchev–Trinajstić information content (AvgIpc) is 4.11. The van der Waals surface area contributed by atoms with E-state index in [2.05, 4.69) is 253 Å². The Hall–Kier alpha value is -3.90. The molecule has 0 aliphatic heterocycles. The van der Waals surface area contributed by atoms with Gasteiger partial charge in [0.2, 0.25) is 0 Å². The summed E-state index contributed by atoms with van der Waals surface area (Å²) in [6, 6.07) is 45.9. The van der Waals surface area contributed by atoms with E-state index in [4.69, 9.17) is 1.37 Å². The molecule has 4 aliphatic rings. The maximum atomic E-state index is 8.59. The maximum Gasteiger partial charge on any atom is 0.0352 e. The van der Waals surface area contributed by atoms with Crippen molar-refractivity contribution < 1.29 is 1.37 Å². The van der Waals surface area contributed by atoms with E-state index in [1.165, 1.54) is 147 Å². The molecule has 0 amide bonds. The van der Waals surface area contributed by atoms with Crippen LogP contribution in [0.3, 0.4) is 0 Å². The van der Waals surface area contributed by atoms with Gasteiger partial charge in [0.15, 0.2) is 0 Å².